The molecule has 0 saturated heterocycles. The van der Waals surface area contributed by atoms with Crippen molar-refractivity contribution in [3.05, 3.63) is 18.6 Å². The summed E-state index contributed by atoms with van der Waals surface area (Å²) in [4.78, 5) is 11.4. The van der Waals surface area contributed by atoms with Gasteiger partial charge in [0.2, 0.25) is 0 Å². The highest BCUT2D eigenvalue weighted by Crippen LogP contribution is 2.29. The van der Waals surface area contributed by atoms with Crippen LogP contribution < -0.4 is 16.2 Å². The van der Waals surface area contributed by atoms with Crippen molar-refractivity contribution in [1.29, 1.82) is 0 Å². The molecule has 0 atom stereocenters. The maximum absolute atomic E-state index is 5.51. The fourth-order valence-electron chi connectivity index (χ4n) is 2.97. The normalized spacial score (nSPS) is 16.1. The molecule has 1 fully saturated rings. The molecule has 102 valence electrons. The van der Waals surface area contributed by atoms with Crippen molar-refractivity contribution in [2.75, 3.05) is 16.9 Å². The van der Waals surface area contributed by atoms with Gasteiger partial charge in [-0.05, 0) is 19.8 Å². The van der Waals surface area contributed by atoms with Crippen LogP contribution in [0.15, 0.2) is 18.6 Å². The summed E-state index contributed by atoms with van der Waals surface area (Å²) < 4.78 is 1.97. The monoisotopic (exact) mass is 260 g/mol. The first-order valence-electron chi connectivity index (χ1n) is 6.90. The quantitative estimate of drug-likeness (QED) is 0.647. The number of hydrogen-bond acceptors (Lipinski definition) is 5. The van der Waals surface area contributed by atoms with Gasteiger partial charge in [-0.2, -0.15) is 0 Å². The van der Waals surface area contributed by atoms with Gasteiger partial charge in [-0.1, -0.05) is 12.8 Å². The SMILES string of the molecule is CCN(c1nc(NN)cn2ccnc12)C1CCCC1. The number of fused-ring (bicyclic) bond motifs is 1. The van der Waals surface area contributed by atoms with Crippen LogP contribution in [0.25, 0.3) is 5.65 Å². The third kappa shape index (κ3) is 2.12. The Labute approximate surface area is 112 Å². The van der Waals surface area contributed by atoms with Gasteiger partial charge in [0.15, 0.2) is 17.3 Å². The van der Waals surface area contributed by atoms with Gasteiger partial charge in [-0.15, -0.1) is 0 Å². The van der Waals surface area contributed by atoms with Gasteiger partial charge < -0.3 is 14.7 Å². The van der Waals surface area contributed by atoms with E-state index in [1.165, 1.54) is 25.7 Å². The molecule has 0 radical (unpaired) electrons. The molecule has 3 N–H and O–H groups in total. The Bertz CT molecular complexity index is 557. The van der Waals surface area contributed by atoms with Crippen molar-refractivity contribution in [2.45, 2.75) is 38.6 Å². The van der Waals surface area contributed by atoms with Gasteiger partial charge >= 0.3 is 0 Å². The van der Waals surface area contributed by atoms with Crippen LogP contribution in [0.5, 0.6) is 0 Å². The predicted molar refractivity (Wildman–Crippen MR) is 76.1 cm³/mol. The zero-order valence-corrected chi connectivity index (χ0v) is 11.2. The molecule has 0 amide bonds. The van der Waals surface area contributed by atoms with Crippen LogP contribution in [0, 0.1) is 0 Å². The van der Waals surface area contributed by atoms with E-state index >= 15 is 0 Å². The molecule has 1 aliphatic rings. The van der Waals surface area contributed by atoms with E-state index in [-0.39, 0.29) is 0 Å². The average Bonchev–Trinajstić information content (AvgIpc) is 3.09. The van der Waals surface area contributed by atoms with Gasteiger partial charge in [0.1, 0.15) is 0 Å². The second kappa shape index (κ2) is 5.05. The lowest BCUT2D eigenvalue weighted by Crippen LogP contribution is -2.34. The number of nitrogens with one attached hydrogen (secondary N) is 1. The Morgan fingerprint density at radius 2 is 2.26 bits per heavy atom. The molecule has 19 heavy (non-hydrogen) atoms. The van der Waals surface area contributed by atoms with Crippen LogP contribution in [0.4, 0.5) is 11.6 Å². The van der Waals surface area contributed by atoms with Crippen molar-refractivity contribution in [3.8, 4) is 0 Å². The highest BCUT2D eigenvalue weighted by Gasteiger charge is 2.25. The lowest BCUT2D eigenvalue weighted by molar-refractivity contribution is 0.613. The summed E-state index contributed by atoms with van der Waals surface area (Å²) in [6.07, 6.45) is 10.7. The van der Waals surface area contributed by atoms with E-state index < -0.39 is 0 Å². The second-order valence-corrected chi connectivity index (χ2v) is 4.98. The Kier molecular flexibility index (Phi) is 3.25. The number of imidazole rings is 1. The Morgan fingerprint density at radius 1 is 1.47 bits per heavy atom. The zero-order valence-electron chi connectivity index (χ0n) is 11.2. The number of hydrogen-bond donors (Lipinski definition) is 2. The topological polar surface area (TPSA) is 71.5 Å². The first kappa shape index (κ1) is 12.2. The standard InChI is InChI=1S/C13H20N6/c1-2-19(10-5-3-4-6-10)13-12-15-7-8-18(12)9-11(16-13)17-14/h7-10,17H,2-6,14H2,1H3. The molecule has 6 nitrogen and oxygen atoms in total. The van der Waals surface area contributed by atoms with Crippen molar-refractivity contribution >= 4 is 17.3 Å². The number of rotatable bonds is 4. The van der Waals surface area contributed by atoms with E-state index in [1.807, 2.05) is 16.8 Å². The molecule has 0 bridgehead atoms. The summed E-state index contributed by atoms with van der Waals surface area (Å²) in [5.74, 6) is 7.10. The van der Waals surface area contributed by atoms with Crippen LogP contribution in [-0.2, 0) is 0 Å². The number of hydrazine groups is 1. The zero-order chi connectivity index (χ0) is 13.2. The van der Waals surface area contributed by atoms with Gasteiger partial charge in [0.05, 0.1) is 6.20 Å². The third-order valence-electron chi connectivity index (χ3n) is 3.88. The summed E-state index contributed by atoms with van der Waals surface area (Å²) in [7, 11) is 0. The maximum atomic E-state index is 5.51. The van der Waals surface area contributed by atoms with Gasteiger partial charge in [-0.25, -0.2) is 15.8 Å². The summed E-state index contributed by atoms with van der Waals surface area (Å²) in [6.45, 7) is 3.11. The lowest BCUT2D eigenvalue weighted by Gasteiger charge is -2.29. The smallest absolute Gasteiger partial charge is 0.180 e. The predicted octanol–water partition coefficient (Wildman–Crippen LogP) is 1.78. The molecule has 2 aromatic rings. The van der Waals surface area contributed by atoms with Crippen LogP contribution in [0.1, 0.15) is 32.6 Å². The van der Waals surface area contributed by atoms with Crippen molar-refractivity contribution in [3.63, 3.8) is 0 Å². The number of nitrogens with two attached hydrogens (primary N) is 1. The minimum absolute atomic E-state index is 0.575. The highest BCUT2D eigenvalue weighted by atomic mass is 15.3. The number of nitrogen functional groups attached to an aromatic ring is 1. The first-order chi connectivity index (χ1) is 9.33. The first-order valence-corrected chi connectivity index (χ1v) is 6.90. The molecule has 6 heteroatoms. The molecule has 2 heterocycles. The molecule has 2 aromatic heterocycles. The van der Waals surface area contributed by atoms with Crippen molar-refractivity contribution < 1.29 is 0 Å². The summed E-state index contributed by atoms with van der Waals surface area (Å²) in [5, 5.41) is 0. The fraction of sp³-hybridized carbons (Fsp3) is 0.538. The van der Waals surface area contributed by atoms with Crippen LogP contribution in [0.3, 0.4) is 0 Å². The van der Waals surface area contributed by atoms with Crippen LogP contribution in [0.2, 0.25) is 0 Å². The summed E-state index contributed by atoms with van der Waals surface area (Å²) in [5.41, 5.74) is 3.53. The summed E-state index contributed by atoms with van der Waals surface area (Å²) in [6, 6.07) is 0.575. The average molecular weight is 260 g/mol. The van der Waals surface area contributed by atoms with E-state index in [0.29, 0.717) is 11.9 Å². The van der Waals surface area contributed by atoms with E-state index in [1.54, 1.807) is 6.20 Å². The van der Waals surface area contributed by atoms with E-state index in [0.717, 1.165) is 18.0 Å². The molecule has 0 unspecified atom stereocenters. The number of anilines is 2. The van der Waals surface area contributed by atoms with E-state index in [4.69, 9.17) is 5.84 Å². The van der Waals surface area contributed by atoms with E-state index in [9.17, 15) is 0 Å². The van der Waals surface area contributed by atoms with Crippen molar-refractivity contribution in [2.24, 2.45) is 5.84 Å². The third-order valence-corrected chi connectivity index (χ3v) is 3.88. The van der Waals surface area contributed by atoms with Crippen LogP contribution in [-0.4, -0.2) is 27.0 Å². The second-order valence-electron chi connectivity index (χ2n) is 4.98. The maximum Gasteiger partial charge on any atom is 0.180 e. The molecule has 0 aliphatic heterocycles. The van der Waals surface area contributed by atoms with E-state index in [2.05, 4.69) is 27.2 Å². The molecular formula is C13H20N6. The van der Waals surface area contributed by atoms with Gasteiger partial charge in [0, 0.05) is 25.0 Å². The Hall–Kier alpha value is -1.82. The molecular weight excluding hydrogens is 240 g/mol. The molecule has 1 saturated carbocycles. The minimum Gasteiger partial charge on any atom is -0.351 e. The minimum atomic E-state index is 0.575. The Morgan fingerprint density at radius 3 is 2.95 bits per heavy atom. The largest absolute Gasteiger partial charge is 0.351 e. The summed E-state index contributed by atoms with van der Waals surface area (Å²) >= 11 is 0. The molecule has 3 rings (SSSR count). The van der Waals surface area contributed by atoms with Gasteiger partial charge in [-0.3, -0.25) is 0 Å². The molecule has 0 spiro atoms. The van der Waals surface area contributed by atoms with Gasteiger partial charge in [0.25, 0.3) is 0 Å². The number of nitrogens with zero attached hydrogens (tertiary/aromatic N) is 4. The Balaban J connectivity index is 2.07. The van der Waals surface area contributed by atoms with Crippen LogP contribution >= 0.6 is 0 Å². The highest BCUT2D eigenvalue weighted by molar-refractivity contribution is 5.67. The lowest BCUT2D eigenvalue weighted by atomic mass is 10.2. The van der Waals surface area contributed by atoms with Crippen molar-refractivity contribution in [1.82, 2.24) is 14.4 Å². The molecule has 1 aliphatic carbocycles. The number of aromatic nitrogens is 3. The fourth-order valence-corrected chi connectivity index (χ4v) is 2.97. The molecule has 0 aromatic carbocycles.